The molecule has 1 saturated heterocycles. The first-order valence-corrected chi connectivity index (χ1v) is 10.8. The molecular formula is C20H24N4O3S. The predicted octanol–water partition coefficient (Wildman–Crippen LogP) is 1.92. The van der Waals surface area contributed by atoms with Crippen LogP contribution in [0, 0.1) is 5.41 Å². The molecule has 0 aliphatic carbocycles. The van der Waals surface area contributed by atoms with Crippen LogP contribution in [-0.2, 0) is 10.8 Å². The van der Waals surface area contributed by atoms with Crippen LogP contribution in [0.4, 0.5) is 5.82 Å². The number of nitrogens with zero attached hydrogens (tertiary/aromatic N) is 3. The van der Waals surface area contributed by atoms with E-state index >= 15 is 0 Å². The van der Waals surface area contributed by atoms with E-state index < -0.39 is 16.7 Å². The normalized spacial score (nSPS) is 17.9. The van der Waals surface area contributed by atoms with Crippen LogP contribution in [0.1, 0.15) is 30.1 Å². The minimum absolute atomic E-state index is 0.106. The SMILES string of the molecule is CS(=O)c1cc(C(N)=O)c2nc3ccccc3n2c1N1CCC(C)(CO)CC1. The largest absolute Gasteiger partial charge is 0.396 e. The van der Waals surface area contributed by atoms with Gasteiger partial charge in [-0.2, -0.15) is 0 Å². The number of para-hydroxylation sites is 2. The molecule has 1 amide bonds. The number of piperidine rings is 1. The monoisotopic (exact) mass is 400 g/mol. The molecule has 4 rings (SSSR count). The molecule has 7 nitrogen and oxygen atoms in total. The average Bonchev–Trinajstić information content (AvgIpc) is 3.06. The van der Waals surface area contributed by atoms with E-state index in [2.05, 4.69) is 16.8 Å². The molecule has 0 radical (unpaired) electrons. The first kappa shape index (κ1) is 18.9. The van der Waals surface area contributed by atoms with E-state index in [9.17, 15) is 14.1 Å². The lowest BCUT2D eigenvalue weighted by Crippen LogP contribution is -2.41. The van der Waals surface area contributed by atoms with E-state index in [1.807, 2.05) is 28.7 Å². The number of aliphatic hydroxyl groups excluding tert-OH is 1. The number of nitrogens with two attached hydrogens (primary N) is 1. The van der Waals surface area contributed by atoms with Crippen LogP contribution in [0.5, 0.6) is 0 Å². The Hall–Kier alpha value is -2.45. The summed E-state index contributed by atoms with van der Waals surface area (Å²) in [5, 5.41) is 9.69. The van der Waals surface area contributed by atoms with Gasteiger partial charge in [-0.3, -0.25) is 13.4 Å². The number of carbonyl (C=O) groups is 1. The van der Waals surface area contributed by atoms with Crippen LogP contribution in [0.15, 0.2) is 35.2 Å². The maximum absolute atomic E-state index is 12.6. The molecule has 1 unspecified atom stereocenters. The van der Waals surface area contributed by atoms with E-state index in [0.717, 1.165) is 42.8 Å². The third-order valence-electron chi connectivity index (χ3n) is 5.74. The maximum Gasteiger partial charge on any atom is 0.252 e. The summed E-state index contributed by atoms with van der Waals surface area (Å²) in [6.07, 6.45) is 3.26. The topological polar surface area (TPSA) is 101 Å². The van der Waals surface area contributed by atoms with Crippen LogP contribution in [0.2, 0.25) is 0 Å². The molecule has 1 atom stereocenters. The maximum atomic E-state index is 12.6. The Bertz CT molecular complexity index is 1100. The molecule has 0 spiro atoms. The molecule has 1 aromatic carbocycles. The molecule has 1 aliphatic rings. The van der Waals surface area contributed by atoms with Crippen molar-refractivity contribution in [1.82, 2.24) is 9.38 Å². The summed E-state index contributed by atoms with van der Waals surface area (Å²) in [6, 6.07) is 9.25. The van der Waals surface area contributed by atoms with Crippen molar-refractivity contribution in [1.29, 1.82) is 0 Å². The molecule has 8 heteroatoms. The van der Waals surface area contributed by atoms with Crippen LogP contribution in [0.3, 0.4) is 0 Å². The first-order valence-electron chi connectivity index (χ1n) is 9.28. The number of aliphatic hydroxyl groups is 1. The minimum atomic E-state index is -1.32. The van der Waals surface area contributed by atoms with Gasteiger partial charge in [0.1, 0.15) is 5.82 Å². The Kier molecular flexibility index (Phi) is 4.63. The zero-order valence-electron chi connectivity index (χ0n) is 16.0. The van der Waals surface area contributed by atoms with E-state index in [1.165, 1.54) is 0 Å². The van der Waals surface area contributed by atoms with Gasteiger partial charge in [-0.25, -0.2) is 4.98 Å². The van der Waals surface area contributed by atoms with Crippen LogP contribution in [-0.4, -0.2) is 50.6 Å². The van der Waals surface area contributed by atoms with Gasteiger partial charge in [0.15, 0.2) is 5.65 Å². The lowest BCUT2D eigenvalue weighted by atomic mass is 9.81. The van der Waals surface area contributed by atoms with Crippen molar-refractivity contribution < 1.29 is 14.1 Å². The summed E-state index contributed by atoms with van der Waals surface area (Å²) in [5.41, 5.74) is 7.86. The number of amides is 1. The van der Waals surface area contributed by atoms with Crippen molar-refractivity contribution >= 4 is 39.2 Å². The predicted molar refractivity (Wildman–Crippen MR) is 110 cm³/mol. The first-order chi connectivity index (χ1) is 13.3. The molecule has 0 bridgehead atoms. The van der Waals surface area contributed by atoms with Gasteiger partial charge < -0.3 is 15.7 Å². The van der Waals surface area contributed by atoms with Crippen molar-refractivity contribution in [3.05, 3.63) is 35.9 Å². The smallest absolute Gasteiger partial charge is 0.252 e. The van der Waals surface area contributed by atoms with Gasteiger partial charge in [0, 0.05) is 26.0 Å². The third-order valence-corrected chi connectivity index (χ3v) is 6.66. The number of hydrogen-bond donors (Lipinski definition) is 2. The second kappa shape index (κ2) is 6.86. The van der Waals surface area contributed by atoms with Gasteiger partial charge in [-0.1, -0.05) is 19.1 Å². The number of primary amides is 1. The summed E-state index contributed by atoms with van der Waals surface area (Å²) in [5.74, 6) is 0.194. The van der Waals surface area contributed by atoms with Crippen molar-refractivity contribution in [2.75, 3.05) is 30.9 Å². The van der Waals surface area contributed by atoms with Crippen molar-refractivity contribution in [2.45, 2.75) is 24.7 Å². The fourth-order valence-electron chi connectivity index (χ4n) is 3.90. The number of hydrogen-bond acceptors (Lipinski definition) is 5. The highest BCUT2D eigenvalue weighted by atomic mass is 32.2. The Morgan fingerprint density at radius 3 is 2.61 bits per heavy atom. The second-order valence-electron chi connectivity index (χ2n) is 7.78. The van der Waals surface area contributed by atoms with Gasteiger partial charge in [0.25, 0.3) is 5.91 Å². The van der Waals surface area contributed by atoms with Gasteiger partial charge in [0.2, 0.25) is 0 Å². The van der Waals surface area contributed by atoms with Crippen molar-refractivity contribution in [2.24, 2.45) is 11.1 Å². The van der Waals surface area contributed by atoms with Crippen LogP contribution < -0.4 is 10.6 Å². The summed E-state index contributed by atoms with van der Waals surface area (Å²) in [4.78, 5) is 19.5. The zero-order valence-corrected chi connectivity index (χ0v) is 16.8. The Morgan fingerprint density at radius 2 is 2.00 bits per heavy atom. The molecule has 3 heterocycles. The second-order valence-corrected chi connectivity index (χ2v) is 9.13. The van der Waals surface area contributed by atoms with Gasteiger partial charge in [-0.15, -0.1) is 0 Å². The Labute approximate surface area is 165 Å². The number of rotatable bonds is 4. The average molecular weight is 401 g/mol. The summed E-state index contributed by atoms with van der Waals surface area (Å²) < 4.78 is 14.5. The van der Waals surface area contributed by atoms with Crippen molar-refractivity contribution in [3.63, 3.8) is 0 Å². The number of carbonyl (C=O) groups excluding carboxylic acids is 1. The van der Waals surface area contributed by atoms with Crippen molar-refractivity contribution in [3.8, 4) is 0 Å². The molecule has 3 aromatic rings. The highest BCUT2D eigenvalue weighted by Gasteiger charge is 2.32. The van der Waals surface area contributed by atoms with E-state index in [-0.39, 0.29) is 17.6 Å². The quantitative estimate of drug-likeness (QED) is 0.697. The lowest BCUT2D eigenvalue weighted by molar-refractivity contribution is 0.100. The molecule has 3 N–H and O–H groups in total. The fourth-order valence-corrected chi connectivity index (χ4v) is 4.66. The van der Waals surface area contributed by atoms with E-state index in [1.54, 1.807) is 12.3 Å². The number of benzene rings is 1. The minimum Gasteiger partial charge on any atom is -0.396 e. The molecule has 28 heavy (non-hydrogen) atoms. The number of fused-ring (bicyclic) bond motifs is 3. The van der Waals surface area contributed by atoms with Crippen LogP contribution >= 0.6 is 0 Å². The molecular weight excluding hydrogens is 376 g/mol. The summed E-state index contributed by atoms with van der Waals surface area (Å²) in [7, 11) is -1.32. The number of aromatic nitrogens is 2. The number of imidazole rings is 1. The molecule has 148 valence electrons. The standard InChI is InChI=1S/C20H24N4O3S/c1-20(12-25)7-9-23(10-8-20)19-16(28(2)27)11-13(17(21)26)18-22-14-5-3-4-6-15(14)24(18)19/h3-6,11,25H,7-10,12H2,1-2H3,(H2,21,26). The van der Waals surface area contributed by atoms with Gasteiger partial charge >= 0.3 is 0 Å². The molecule has 2 aromatic heterocycles. The van der Waals surface area contributed by atoms with Gasteiger partial charge in [0.05, 0.1) is 32.3 Å². The molecule has 1 fully saturated rings. The number of anilines is 1. The lowest BCUT2D eigenvalue weighted by Gasteiger charge is -2.40. The molecule has 1 aliphatic heterocycles. The zero-order chi connectivity index (χ0) is 20.1. The van der Waals surface area contributed by atoms with E-state index in [4.69, 9.17) is 5.73 Å². The highest BCUT2D eigenvalue weighted by Crippen LogP contribution is 2.37. The van der Waals surface area contributed by atoms with Crippen LogP contribution in [0.25, 0.3) is 16.7 Å². The highest BCUT2D eigenvalue weighted by molar-refractivity contribution is 7.84. The summed E-state index contributed by atoms with van der Waals surface area (Å²) >= 11 is 0. The fraction of sp³-hybridized carbons (Fsp3) is 0.400. The Balaban J connectivity index is 2.01. The van der Waals surface area contributed by atoms with E-state index in [0.29, 0.717) is 10.5 Å². The summed E-state index contributed by atoms with van der Waals surface area (Å²) in [6.45, 7) is 3.68. The molecule has 0 saturated carbocycles. The van der Waals surface area contributed by atoms with Gasteiger partial charge in [-0.05, 0) is 36.5 Å². The number of pyridine rings is 1. The Morgan fingerprint density at radius 1 is 1.32 bits per heavy atom. The third kappa shape index (κ3) is 2.97.